The summed E-state index contributed by atoms with van der Waals surface area (Å²) in [7, 11) is 0. The van der Waals surface area contributed by atoms with Crippen LogP contribution in [0.3, 0.4) is 0 Å². The van der Waals surface area contributed by atoms with Gasteiger partial charge in [0.1, 0.15) is 10.5 Å². The van der Waals surface area contributed by atoms with Crippen LogP contribution < -0.4 is 0 Å². The molecule has 0 aliphatic carbocycles. The molecule has 0 radical (unpaired) electrons. The van der Waals surface area contributed by atoms with Gasteiger partial charge in [0.25, 0.3) is 0 Å². The number of oxazole rings is 1. The lowest BCUT2D eigenvalue weighted by atomic mass is 10.2. The highest BCUT2D eigenvalue weighted by Crippen LogP contribution is 2.35. The Hall–Kier alpha value is -2.30. The van der Waals surface area contributed by atoms with E-state index in [1.54, 1.807) is 30.1 Å². The molecule has 0 bridgehead atoms. The van der Waals surface area contributed by atoms with Crippen LogP contribution in [0.25, 0.3) is 22.6 Å². The SMILES string of the molecule is Cc1ccc(Sc2ncccc2-c2nc3cc(Cl)ccc3o2)cc1. The number of hydrogen-bond acceptors (Lipinski definition) is 4. The number of pyridine rings is 1. The van der Waals surface area contributed by atoms with Crippen LogP contribution in [0.15, 0.2) is 75.1 Å². The van der Waals surface area contributed by atoms with E-state index in [1.807, 2.05) is 18.2 Å². The largest absolute Gasteiger partial charge is 0.436 e. The Kier molecular flexibility index (Phi) is 4.00. The van der Waals surface area contributed by atoms with E-state index in [9.17, 15) is 0 Å². The van der Waals surface area contributed by atoms with Crippen LogP contribution in [-0.4, -0.2) is 9.97 Å². The molecule has 2 aromatic carbocycles. The third kappa shape index (κ3) is 3.03. The van der Waals surface area contributed by atoms with Crippen LogP contribution in [0.2, 0.25) is 5.02 Å². The highest BCUT2D eigenvalue weighted by Gasteiger charge is 2.14. The first-order valence-corrected chi connectivity index (χ1v) is 8.64. The van der Waals surface area contributed by atoms with Gasteiger partial charge in [0, 0.05) is 16.1 Å². The van der Waals surface area contributed by atoms with Crippen molar-refractivity contribution in [2.24, 2.45) is 0 Å². The van der Waals surface area contributed by atoms with Gasteiger partial charge in [-0.1, -0.05) is 41.1 Å². The summed E-state index contributed by atoms with van der Waals surface area (Å²) in [6.07, 6.45) is 1.78. The molecule has 0 N–H and O–H groups in total. The van der Waals surface area contributed by atoms with Crippen molar-refractivity contribution in [3.05, 3.63) is 71.4 Å². The zero-order valence-corrected chi connectivity index (χ0v) is 14.4. The Balaban J connectivity index is 1.75. The van der Waals surface area contributed by atoms with E-state index in [2.05, 4.69) is 41.2 Å². The van der Waals surface area contributed by atoms with Gasteiger partial charge >= 0.3 is 0 Å². The van der Waals surface area contributed by atoms with E-state index in [1.165, 1.54) is 5.56 Å². The second kappa shape index (κ2) is 6.30. The number of nitrogens with zero attached hydrogens (tertiary/aromatic N) is 2. The summed E-state index contributed by atoms with van der Waals surface area (Å²) in [6.45, 7) is 2.07. The predicted octanol–water partition coefficient (Wildman–Crippen LogP) is 6.00. The van der Waals surface area contributed by atoms with Crippen LogP contribution in [0.4, 0.5) is 0 Å². The van der Waals surface area contributed by atoms with E-state index in [0.29, 0.717) is 16.5 Å². The van der Waals surface area contributed by atoms with Crippen molar-refractivity contribution in [1.82, 2.24) is 9.97 Å². The smallest absolute Gasteiger partial charge is 0.230 e. The van der Waals surface area contributed by atoms with Gasteiger partial charge < -0.3 is 4.42 Å². The van der Waals surface area contributed by atoms with Crippen LogP contribution in [0.5, 0.6) is 0 Å². The van der Waals surface area contributed by atoms with E-state index >= 15 is 0 Å². The molecule has 0 saturated heterocycles. The van der Waals surface area contributed by atoms with Crippen LogP contribution >= 0.6 is 23.4 Å². The van der Waals surface area contributed by atoms with E-state index in [-0.39, 0.29) is 0 Å². The summed E-state index contributed by atoms with van der Waals surface area (Å²) in [5.74, 6) is 0.551. The number of hydrogen-bond donors (Lipinski definition) is 0. The zero-order chi connectivity index (χ0) is 16.5. The average molecular weight is 353 g/mol. The van der Waals surface area contributed by atoms with Gasteiger partial charge in [0.05, 0.1) is 5.56 Å². The highest BCUT2D eigenvalue weighted by atomic mass is 35.5. The molecular formula is C19H13ClN2OS. The topological polar surface area (TPSA) is 38.9 Å². The molecule has 2 heterocycles. The fourth-order valence-electron chi connectivity index (χ4n) is 2.37. The fraction of sp³-hybridized carbons (Fsp3) is 0.0526. The Labute approximate surface area is 148 Å². The van der Waals surface area contributed by atoms with Gasteiger partial charge in [0.2, 0.25) is 5.89 Å². The van der Waals surface area contributed by atoms with Gasteiger partial charge in [-0.25, -0.2) is 9.97 Å². The fourth-order valence-corrected chi connectivity index (χ4v) is 3.41. The first kappa shape index (κ1) is 15.2. The molecule has 0 spiro atoms. The number of aryl methyl sites for hydroxylation is 1. The molecule has 0 aliphatic heterocycles. The van der Waals surface area contributed by atoms with E-state index in [0.717, 1.165) is 21.0 Å². The number of rotatable bonds is 3. The maximum atomic E-state index is 6.03. The van der Waals surface area contributed by atoms with Crippen LogP contribution in [-0.2, 0) is 0 Å². The Morgan fingerprint density at radius 3 is 2.71 bits per heavy atom. The third-order valence-electron chi connectivity index (χ3n) is 3.59. The molecule has 0 fully saturated rings. The number of aromatic nitrogens is 2. The molecule has 0 atom stereocenters. The lowest BCUT2D eigenvalue weighted by Crippen LogP contribution is -1.86. The molecule has 5 heteroatoms. The summed E-state index contributed by atoms with van der Waals surface area (Å²) < 4.78 is 5.88. The number of halogens is 1. The highest BCUT2D eigenvalue weighted by molar-refractivity contribution is 7.99. The third-order valence-corrected chi connectivity index (χ3v) is 4.85. The van der Waals surface area contributed by atoms with Gasteiger partial charge in [-0.2, -0.15) is 0 Å². The van der Waals surface area contributed by atoms with Gasteiger partial charge in [0.15, 0.2) is 5.58 Å². The average Bonchev–Trinajstić information content (AvgIpc) is 3.00. The van der Waals surface area contributed by atoms with Gasteiger partial charge in [-0.05, 0) is 49.4 Å². The van der Waals surface area contributed by atoms with Crippen molar-refractivity contribution in [2.45, 2.75) is 16.8 Å². The Bertz CT molecular complexity index is 1010. The summed E-state index contributed by atoms with van der Waals surface area (Å²) in [5.41, 5.74) is 3.56. The molecule has 118 valence electrons. The Morgan fingerprint density at radius 2 is 1.88 bits per heavy atom. The summed E-state index contributed by atoms with van der Waals surface area (Å²) in [5, 5.41) is 1.50. The molecule has 0 saturated carbocycles. The van der Waals surface area contributed by atoms with Crippen molar-refractivity contribution >= 4 is 34.5 Å². The minimum atomic E-state index is 0.551. The van der Waals surface area contributed by atoms with E-state index < -0.39 is 0 Å². The monoisotopic (exact) mass is 352 g/mol. The van der Waals surface area contributed by atoms with Gasteiger partial charge in [-0.3, -0.25) is 0 Å². The second-order valence-electron chi connectivity index (χ2n) is 5.40. The molecule has 0 amide bonds. The quantitative estimate of drug-likeness (QED) is 0.453. The molecule has 0 unspecified atom stereocenters. The molecule has 4 aromatic rings. The first-order chi connectivity index (χ1) is 11.7. The minimum Gasteiger partial charge on any atom is -0.436 e. The number of benzene rings is 2. The molecule has 4 rings (SSSR count). The molecule has 0 aliphatic rings. The molecule has 24 heavy (non-hydrogen) atoms. The summed E-state index contributed by atoms with van der Waals surface area (Å²) in [6, 6.07) is 17.6. The lowest BCUT2D eigenvalue weighted by Gasteiger charge is -2.05. The van der Waals surface area contributed by atoms with Crippen molar-refractivity contribution in [2.75, 3.05) is 0 Å². The molecule has 3 nitrogen and oxygen atoms in total. The number of fused-ring (bicyclic) bond motifs is 1. The zero-order valence-electron chi connectivity index (χ0n) is 12.9. The van der Waals surface area contributed by atoms with Crippen molar-refractivity contribution < 1.29 is 4.42 Å². The van der Waals surface area contributed by atoms with Crippen LogP contribution in [0.1, 0.15) is 5.56 Å². The lowest BCUT2D eigenvalue weighted by molar-refractivity contribution is 0.617. The second-order valence-corrected chi connectivity index (χ2v) is 6.90. The van der Waals surface area contributed by atoms with Crippen LogP contribution in [0, 0.1) is 6.92 Å². The predicted molar refractivity (Wildman–Crippen MR) is 97.6 cm³/mol. The standard InChI is InChI=1S/C19H13ClN2OS/c1-12-4-7-14(8-5-12)24-19-15(3-2-10-21-19)18-22-16-11-13(20)6-9-17(16)23-18/h2-11H,1H3. The summed E-state index contributed by atoms with van der Waals surface area (Å²) >= 11 is 7.62. The van der Waals surface area contributed by atoms with Crippen molar-refractivity contribution in [1.29, 1.82) is 0 Å². The minimum absolute atomic E-state index is 0.551. The maximum Gasteiger partial charge on any atom is 0.230 e. The normalized spacial score (nSPS) is 11.1. The molecular weight excluding hydrogens is 340 g/mol. The van der Waals surface area contributed by atoms with Gasteiger partial charge in [-0.15, -0.1) is 0 Å². The maximum absolute atomic E-state index is 6.03. The van der Waals surface area contributed by atoms with Crippen molar-refractivity contribution in [3.63, 3.8) is 0 Å². The summed E-state index contributed by atoms with van der Waals surface area (Å²) in [4.78, 5) is 10.2. The van der Waals surface area contributed by atoms with Crippen molar-refractivity contribution in [3.8, 4) is 11.5 Å². The van der Waals surface area contributed by atoms with E-state index in [4.69, 9.17) is 16.0 Å². The Morgan fingerprint density at radius 1 is 1.04 bits per heavy atom. The first-order valence-electron chi connectivity index (χ1n) is 7.45. The molecule has 2 aromatic heterocycles.